The summed E-state index contributed by atoms with van der Waals surface area (Å²) in [7, 11) is -1.62. The van der Waals surface area contributed by atoms with Gasteiger partial charge in [0.25, 0.3) is 5.91 Å². The van der Waals surface area contributed by atoms with Crippen LogP contribution in [0.3, 0.4) is 0 Å². The number of sulfonamides is 1. The zero-order chi connectivity index (χ0) is 23.2. The van der Waals surface area contributed by atoms with Crippen LogP contribution in [-0.2, 0) is 21.9 Å². The topological polar surface area (TPSA) is 71.7 Å². The Balaban J connectivity index is 1.36. The number of thiazole rings is 1. The molecule has 1 fully saturated rings. The van der Waals surface area contributed by atoms with Gasteiger partial charge in [-0.3, -0.25) is 4.79 Å². The predicted octanol–water partition coefficient (Wildman–Crippen LogP) is 4.23. The van der Waals surface area contributed by atoms with E-state index in [1.165, 1.54) is 15.6 Å². The summed E-state index contributed by atoms with van der Waals surface area (Å²) in [5, 5.41) is 2.31. The van der Waals surface area contributed by atoms with Gasteiger partial charge in [-0.25, -0.2) is 8.42 Å². The molecule has 2 heterocycles. The van der Waals surface area contributed by atoms with Crippen molar-refractivity contribution < 1.29 is 13.2 Å². The third-order valence-electron chi connectivity index (χ3n) is 6.37. The second-order valence-electron chi connectivity index (χ2n) is 8.52. The highest BCUT2D eigenvalue weighted by molar-refractivity contribution is 7.89. The van der Waals surface area contributed by atoms with Crippen LogP contribution in [0, 0.1) is 12.8 Å². The number of aryl methyl sites for hydroxylation is 2. The molecule has 0 radical (unpaired) electrons. The Hall–Kier alpha value is -2.81. The minimum Gasteiger partial charge on any atom is -0.319 e. The van der Waals surface area contributed by atoms with Gasteiger partial charge in [-0.1, -0.05) is 59.4 Å². The lowest BCUT2D eigenvalue weighted by Gasteiger charge is -2.29. The first kappa shape index (κ1) is 22.0. The molecular formula is C25H25N3O3S2. The molecule has 5 rings (SSSR count). The third-order valence-corrected chi connectivity index (χ3v) is 9.46. The van der Waals surface area contributed by atoms with Crippen LogP contribution in [0.2, 0.25) is 0 Å². The first-order valence-corrected chi connectivity index (χ1v) is 13.2. The summed E-state index contributed by atoms with van der Waals surface area (Å²) in [5.74, 6) is -0.440. The SMILES string of the molecule is Cc1ccc(S(=O)(=O)N2CCC(C(=O)N=c3sc4c5ccccc5ccc4n3C)CC2)cc1. The quantitative estimate of drug-likeness (QED) is 0.442. The molecule has 0 unspecified atom stereocenters. The Kier molecular flexibility index (Phi) is 5.68. The van der Waals surface area contributed by atoms with E-state index >= 15 is 0 Å². The van der Waals surface area contributed by atoms with Crippen LogP contribution < -0.4 is 4.80 Å². The van der Waals surface area contributed by atoms with E-state index < -0.39 is 10.0 Å². The van der Waals surface area contributed by atoms with E-state index in [1.54, 1.807) is 24.3 Å². The molecule has 6 nitrogen and oxygen atoms in total. The molecule has 3 aromatic carbocycles. The molecule has 1 aliphatic heterocycles. The van der Waals surface area contributed by atoms with Crippen molar-refractivity contribution in [1.82, 2.24) is 8.87 Å². The van der Waals surface area contributed by atoms with Crippen molar-refractivity contribution in [2.24, 2.45) is 18.0 Å². The predicted molar refractivity (Wildman–Crippen MR) is 132 cm³/mol. The highest BCUT2D eigenvalue weighted by Crippen LogP contribution is 2.28. The van der Waals surface area contributed by atoms with Crippen molar-refractivity contribution in [1.29, 1.82) is 0 Å². The number of nitrogens with zero attached hydrogens (tertiary/aromatic N) is 3. The highest BCUT2D eigenvalue weighted by atomic mass is 32.2. The van der Waals surface area contributed by atoms with E-state index in [1.807, 2.05) is 30.7 Å². The maximum atomic E-state index is 13.0. The molecule has 33 heavy (non-hydrogen) atoms. The molecule has 0 bridgehead atoms. The average Bonchev–Trinajstić information content (AvgIpc) is 3.15. The van der Waals surface area contributed by atoms with Crippen molar-refractivity contribution in [3.63, 3.8) is 0 Å². The summed E-state index contributed by atoms with van der Waals surface area (Å²) in [4.78, 5) is 18.4. The van der Waals surface area contributed by atoms with E-state index in [9.17, 15) is 13.2 Å². The molecule has 8 heteroatoms. The van der Waals surface area contributed by atoms with Gasteiger partial charge < -0.3 is 4.57 Å². The number of carbonyl (C=O) groups is 1. The molecule has 1 aromatic heterocycles. The van der Waals surface area contributed by atoms with Crippen LogP contribution in [0.1, 0.15) is 18.4 Å². The van der Waals surface area contributed by atoms with E-state index in [2.05, 4.69) is 29.3 Å². The van der Waals surface area contributed by atoms with Crippen LogP contribution in [0.25, 0.3) is 21.0 Å². The van der Waals surface area contributed by atoms with E-state index in [0.717, 1.165) is 26.6 Å². The summed E-state index contributed by atoms with van der Waals surface area (Å²) in [6.45, 7) is 2.58. The van der Waals surface area contributed by atoms with Gasteiger partial charge in [-0.15, -0.1) is 0 Å². The Morgan fingerprint density at radius 1 is 1.00 bits per heavy atom. The molecule has 4 aromatic rings. The van der Waals surface area contributed by atoms with Gasteiger partial charge in [-0.05, 0) is 43.4 Å². The fraction of sp³-hybridized carbons (Fsp3) is 0.280. The molecule has 1 saturated heterocycles. The lowest BCUT2D eigenvalue weighted by molar-refractivity contribution is -0.122. The third kappa shape index (κ3) is 4.03. The number of rotatable bonds is 3. The summed E-state index contributed by atoms with van der Waals surface area (Å²) < 4.78 is 30.4. The lowest BCUT2D eigenvalue weighted by Crippen LogP contribution is -2.40. The largest absolute Gasteiger partial charge is 0.319 e. The number of hydrogen-bond donors (Lipinski definition) is 0. The van der Waals surface area contributed by atoms with E-state index in [-0.39, 0.29) is 11.8 Å². The molecule has 0 spiro atoms. The van der Waals surface area contributed by atoms with Gasteiger partial charge in [0, 0.05) is 31.4 Å². The zero-order valence-electron chi connectivity index (χ0n) is 18.6. The molecule has 0 atom stereocenters. The fourth-order valence-electron chi connectivity index (χ4n) is 4.35. The van der Waals surface area contributed by atoms with Crippen LogP contribution in [0.15, 0.2) is 70.6 Å². The Morgan fingerprint density at radius 3 is 2.42 bits per heavy atom. The molecule has 170 valence electrons. The molecular weight excluding hydrogens is 454 g/mol. The first-order chi connectivity index (χ1) is 15.8. The maximum Gasteiger partial charge on any atom is 0.251 e. The minimum atomic E-state index is -3.54. The number of benzene rings is 3. The van der Waals surface area contributed by atoms with Gasteiger partial charge in [0.2, 0.25) is 10.0 Å². The molecule has 0 N–H and O–H groups in total. The number of piperidine rings is 1. The fourth-order valence-corrected chi connectivity index (χ4v) is 6.98. The maximum absolute atomic E-state index is 13.0. The van der Waals surface area contributed by atoms with Crippen molar-refractivity contribution in [3.05, 3.63) is 71.0 Å². The monoisotopic (exact) mass is 479 g/mol. The van der Waals surface area contributed by atoms with Crippen molar-refractivity contribution >= 4 is 48.3 Å². The molecule has 0 aliphatic carbocycles. The zero-order valence-corrected chi connectivity index (χ0v) is 20.2. The summed E-state index contributed by atoms with van der Waals surface area (Å²) in [6, 6.07) is 19.2. The lowest BCUT2D eigenvalue weighted by atomic mass is 9.98. The summed E-state index contributed by atoms with van der Waals surface area (Å²) in [5.41, 5.74) is 2.06. The Labute approximate surface area is 196 Å². The Morgan fingerprint density at radius 2 is 1.70 bits per heavy atom. The number of aromatic nitrogens is 1. The van der Waals surface area contributed by atoms with Gasteiger partial charge >= 0.3 is 0 Å². The number of carbonyl (C=O) groups excluding carboxylic acids is 1. The van der Waals surface area contributed by atoms with Crippen LogP contribution in [0.4, 0.5) is 0 Å². The standard InChI is InChI=1S/C25H25N3O3S2/c1-17-7-10-20(11-8-17)33(30,31)28-15-13-19(14-16-28)24(29)26-25-27(2)22-12-9-18-5-3-4-6-21(18)23(22)32-25/h3-12,19H,13-16H2,1-2H3. The van der Waals surface area contributed by atoms with Crippen molar-refractivity contribution in [3.8, 4) is 0 Å². The van der Waals surface area contributed by atoms with Gasteiger partial charge in [0.05, 0.1) is 15.1 Å². The summed E-state index contributed by atoms with van der Waals surface area (Å²) in [6.07, 6.45) is 0.954. The minimum absolute atomic E-state index is 0.172. The molecule has 0 saturated carbocycles. The summed E-state index contributed by atoms with van der Waals surface area (Å²) >= 11 is 1.52. The second kappa shape index (κ2) is 8.52. The van der Waals surface area contributed by atoms with Crippen LogP contribution in [-0.4, -0.2) is 36.3 Å². The van der Waals surface area contributed by atoms with Crippen LogP contribution in [0.5, 0.6) is 0 Å². The highest BCUT2D eigenvalue weighted by Gasteiger charge is 2.32. The molecule has 1 aliphatic rings. The second-order valence-corrected chi connectivity index (χ2v) is 11.4. The van der Waals surface area contributed by atoms with Gasteiger partial charge in [0.15, 0.2) is 4.80 Å². The van der Waals surface area contributed by atoms with E-state index in [0.29, 0.717) is 35.6 Å². The normalized spacial score (nSPS) is 16.6. The smallest absolute Gasteiger partial charge is 0.251 e. The first-order valence-electron chi connectivity index (χ1n) is 11.0. The average molecular weight is 480 g/mol. The van der Waals surface area contributed by atoms with Crippen molar-refractivity contribution in [2.45, 2.75) is 24.7 Å². The van der Waals surface area contributed by atoms with Gasteiger partial charge in [0.1, 0.15) is 0 Å². The van der Waals surface area contributed by atoms with Gasteiger partial charge in [-0.2, -0.15) is 9.30 Å². The Bertz CT molecular complexity index is 1520. The number of hydrogen-bond acceptors (Lipinski definition) is 4. The number of amides is 1. The van der Waals surface area contributed by atoms with Crippen molar-refractivity contribution in [2.75, 3.05) is 13.1 Å². The number of fused-ring (bicyclic) bond motifs is 3. The van der Waals surface area contributed by atoms with E-state index in [4.69, 9.17) is 0 Å². The van der Waals surface area contributed by atoms with Crippen LogP contribution >= 0.6 is 11.3 Å². The molecule has 1 amide bonds.